The summed E-state index contributed by atoms with van der Waals surface area (Å²) in [6, 6.07) is 32.3. The number of anilines is 1. The van der Waals surface area contributed by atoms with Gasteiger partial charge in [-0.1, -0.05) is 89.5 Å². The van der Waals surface area contributed by atoms with E-state index in [1.165, 1.54) is 4.90 Å². The number of aryl methyl sites for hydroxylation is 2. The van der Waals surface area contributed by atoms with Crippen molar-refractivity contribution in [2.75, 3.05) is 11.9 Å². The van der Waals surface area contributed by atoms with Crippen molar-refractivity contribution >= 4 is 29.4 Å². The van der Waals surface area contributed by atoms with Crippen LogP contribution in [0.15, 0.2) is 109 Å². The lowest BCUT2D eigenvalue weighted by molar-refractivity contribution is -0.117. The molecule has 0 atom stereocenters. The summed E-state index contributed by atoms with van der Waals surface area (Å²) in [5, 5.41) is 3.49. The number of benzene rings is 4. The zero-order valence-corrected chi connectivity index (χ0v) is 23.1. The highest BCUT2D eigenvalue weighted by atomic mass is 35.5. The van der Waals surface area contributed by atoms with Gasteiger partial charge in [0.2, 0.25) is 11.9 Å². The van der Waals surface area contributed by atoms with Gasteiger partial charge in [-0.15, -0.1) is 0 Å². The quantitative estimate of drug-likeness (QED) is 0.225. The van der Waals surface area contributed by atoms with E-state index in [2.05, 4.69) is 5.32 Å². The third-order valence-corrected chi connectivity index (χ3v) is 6.80. The molecule has 0 fully saturated rings. The molecule has 0 saturated heterocycles. The molecule has 200 valence electrons. The van der Waals surface area contributed by atoms with Crippen molar-refractivity contribution < 1.29 is 9.59 Å². The van der Waals surface area contributed by atoms with Crippen LogP contribution in [0.2, 0.25) is 5.02 Å². The maximum atomic E-state index is 13.5. The number of nitrogens with zero attached hydrogens (tertiary/aromatic N) is 3. The number of hydrogen-bond donors (Lipinski definition) is 1. The first-order chi connectivity index (χ1) is 19.4. The van der Waals surface area contributed by atoms with Crippen LogP contribution in [-0.2, 0) is 11.3 Å². The summed E-state index contributed by atoms with van der Waals surface area (Å²) in [6.45, 7) is 4.18. The van der Waals surface area contributed by atoms with Gasteiger partial charge in [0.05, 0.1) is 5.69 Å². The molecule has 5 rings (SSSR count). The smallest absolute Gasteiger partial charge is 0.254 e. The summed E-state index contributed by atoms with van der Waals surface area (Å²) < 4.78 is 1.86. The molecule has 4 aromatic carbocycles. The van der Waals surface area contributed by atoms with E-state index in [1.807, 2.05) is 103 Å². The average Bonchev–Trinajstić information content (AvgIpc) is 3.37. The Morgan fingerprint density at radius 3 is 2.10 bits per heavy atom. The molecule has 7 heteroatoms. The molecule has 6 nitrogen and oxygen atoms in total. The second-order valence-electron chi connectivity index (χ2n) is 9.72. The van der Waals surface area contributed by atoms with Gasteiger partial charge < -0.3 is 4.90 Å². The first kappa shape index (κ1) is 26.9. The van der Waals surface area contributed by atoms with Gasteiger partial charge in [0.1, 0.15) is 6.54 Å². The number of rotatable bonds is 8. The third kappa shape index (κ3) is 6.47. The van der Waals surface area contributed by atoms with E-state index in [4.69, 9.17) is 16.6 Å². The van der Waals surface area contributed by atoms with Gasteiger partial charge in [-0.2, -0.15) is 0 Å². The maximum absolute atomic E-state index is 13.5. The molecule has 0 saturated carbocycles. The fourth-order valence-electron chi connectivity index (χ4n) is 4.35. The second-order valence-corrected chi connectivity index (χ2v) is 10.2. The second kappa shape index (κ2) is 12.0. The summed E-state index contributed by atoms with van der Waals surface area (Å²) in [5.74, 6) is -0.242. The first-order valence-electron chi connectivity index (χ1n) is 13.0. The molecular weight excluding hydrogens is 520 g/mol. The number of carbonyl (C=O) groups excluding carboxylic acids is 2. The Bertz CT molecular complexity index is 1610. The Hall–Kier alpha value is -4.68. The molecule has 1 heterocycles. The maximum Gasteiger partial charge on any atom is 0.254 e. The van der Waals surface area contributed by atoms with Gasteiger partial charge in [-0.25, -0.2) is 4.98 Å². The van der Waals surface area contributed by atoms with Crippen molar-refractivity contribution in [3.05, 3.63) is 137 Å². The molecule has 40 heavy (non-hydrogen) atoms. The largest absolute Gasteiger partial charge is 0.325 e. The Morgan fingerprint density at radius 2 is 1.45 bits per heavy atom. The molecule has 0 spiro atoms. The number of imidazole rings is 1. The molecule has 1 N–H and O–H groups in total. The molecule has 0 aliphatic carbocycles. The zero-order valence-electron chi connectivity index (χ0n) is 22.3. The molecule has 5 aromatic rings. The van der Waals surface area contributed by atoms with E-state index in [0.717, 1.165) is 33.6 Å². The van der Waals surface area contributed by atoms with Gasteiger partial charge in [-0.05, 0) is 55.8 Å². The molecule has 0 unspecified atom stereocenters. The van der Waals surface area contributed by atoms with E-state index in [-0.39, 0.29) is 24.9 Å². The van der Waals surface area contributed by atoms with Crippen LogP contribution in [0, 0.1) is 13.8 Å². The summed E-state index contributed by atoms with van der Waals surface area (Å²) in [5.41, 5.74) is 6.19. The van der Waals surface area contributed by atoms with Gasteiger partial charge in [0, 0.05) is 34.6 Å². The van der Waals surface area contributed by atoms with Gasteiger partial charge in [-0.3, -0.25) is 19.5 Å². The number of halogens is 1. The topological polar surface area (TPSA) is 67.2 Å². The van der Waals surface area contributed by atoms with Gasteiger partial charge >= 0.3 is 0 Å². The van der Waals surface area contributed by atoms with E-state index in [9.17, 15) is 9.59 Å². The van der Waals surface area contributed by atoms with Crippen molar-refractivity contribution in [3.63, 3.8) is 0 Å². The third-order valence-electron chi connectivity index (χ3n) is 6.55. The highest BCUT2D eigenvalue weighted by Gasteiger charge is 2.21. The van der Waals surface area contributed by atoms with Crippen molar-refractivity contribution in [2.24, 2.45) is 0 Å². The van der Waals surface area contributed by atoms with Crippen molar-refractivity contribution in [1.29, 1.82) is 0 Å². The Labute approximate surface area is 238 Å². The van der Waals surface area contributed by atoms with Gasteiger partial charge in [0.25, 0.3) is 5.91 Å². The number of hydrogen-bond acceptors (Lipinski definition) is 3. The van der Waals surface area contributed by atoms with Crippen LogP contribution in [0.1, 0.15) is 27.0 Å². The summed E-state index contributed by atoms with van der Waals surface area (Å²) in [7, 11) is 0. The van der Waals surface area contributed by atoms with Crippen molar-refractivity contribution in [2.45, 2.75) is 20.4 Å². The Balaban J connectivity index is 1.44. The number of aromatic nitrogens is 2. The number of carbonyl (C=O) groups is 2. The van der Waals surface area contributed by atoms with Crippen LogP contribution in [0.4, 0.5) is 5.95 Å². The predicted molar refractivity (Wildman–Crippen MR) is 160 cm³/mol. The molecule has 0 bridgehead atoms. The van der Waals surface area contributed by atoms with Crippen LogP contribution in [-0.4, -0.2) is 32.8 Å². The van der Waals surface area contributed by atoms with Crippen molar-refractivity contribution in [1.82, 2.24) is 14.5 Å². The summed E-state index contributed by atoms with van der Waals surface area (Å²) >= 11 is 6.03. The summed E-state index contributed by atoms with van der Waals surface area (Å²) in [4.78, 5) is 33.2. The lowest BCUT2D eigenvalue weighted by atomic mass is 10.1. The monoisotopic (exact) mass is 548 g/mol. The average molecular weight is 549 g/mol. The van der Waals surface area contributed by atoms with E-state index in [0.29, 0.717) is 16.5 Å². The SMILES string of the molecule is Cc1ccc(-c2cn(-c3ccc(C)cc3)c(NC(=O)CN(Cc3ccccc3)C(=O)c3ccc(Cl)cc3)n2)cc1. The molecule has 1 aromatic heterocycles. The molecule has 0 aliphatic rings. The molecular formula is C33H29ClN4O2. The van der Waals surface area contributed by atoms with Gasteiger partial charge in [0.15, 0.2) is 0 Å². The van der Waals surface area contributed by atoms with E-state index < -0.39 is 0 Å². The highest BCUT2D eigenvalue weighted by Crippen LogP contribution is 2.25. The van der Waals surface area contributed by atoms with E-state index in [1.54, 1.807) is 24.3 Å². The minimum atomic E-state index is -0.354. The van der Waals surface area contributed by atoms with Crippen LogP contribution < -0.4 is 5.32 Å². The molecule has 0 aliphatic heterocycles. The van der Waals surface area contributed by atoms with Crippen LogP contribution in [0.3, 0.4) is 0 Å². The highest BCUT2D eigenvalue weighted by molar-refractivity contribution is 6.30. The summed E-state index contributed by atoms with van der Waals surface area (Å²) in [6.07, 6.45) is 1.91. The van der Waals surface area contributed by atoms with Crippen LogP contribution in [0.25, 0.3) is 16.9 Å². The van der Waals surface area contributed by atoms with Crippen LogP contribution in [0.5, 0.6) is 0 Å². The fourth-order valence-corrected chi connectivity index (χ4v) is 4.48. The normalized spacial score (nSPS) is 10.8. The number of amides is 2. The minimum absolute atomic E-state index is 0.156. The van der Waals surface area contributed by atoms with Crippen molar-refractivity contribution in [3.8, 4) is 16.9 Å². The lowest BCUT2D eigenvalue weighted by Crippen LogP contribution is -2.38. The lowest BCUT2D eigenvalue weighted by Gasteiger charge is -2.22. The molecule has 2 amide bonds. The van der Waals surface area contributed by atoms with E-state index >= 15 is 0 Å². The standard InChI is InChI=1S/C33H29ClN4O2/c1-23-8-12-26(13-9-23)30-21-38(29-18-10-24(2)11-19-29)33(35-30)36-31(39)22-37(20-25-6-4-3-5-7-25)32(40)27-14-16-28(34)17-15-27/h3-19,21H,20,22H2,1-2H3,(H,35,36,39). The first-order valence-corrected chi connectivity index (χ1v) is 13.4. The zero-order chi connectivity index (χ0) is 28.1. The minimum Gasteiger partial charge on any atom is -0.325 e. The molecule has 0 radical (unpaired) electrons. The number of nitrogens with one attached hydrogen (secondary N) is 1. The predicted octanol–water partition coefficient (Wildman–Crippen LogP) is 7.09. The Kier molecular flexibility index (Phi) is 8.08. The Morgan fingerprint density at radius 1 is 0.825 bits per heavy atom. The van der Waals surface area contributed by atoms with Crippen LogP contribution >= 0.6 is 11.6 Å². The fraction of sp³-hybridized carbons (Fsp3) is 0.121.